The Morgan fingerprint density at radius 3 is 2.10 bits per heavy atom. The SMILES string of the molecule is CC(C)S(=O)(=O)C1(C)/C=C\C(NC2=NC(NC3=C(C(N)=O)C=CC(C)(C)C=C3)=CC(C)(C)C=N2)=C/C(C)(C)/C=C\1. The summed E-state index contributed by atoms with van der Waals surface area (Å²) in [5.74, 6) is 0.245. The second-order valence-corrected chi connectivity index (χ2v) is 15.8. The number of rotatable bonds is 6. The molecular weight excluding hydrogens is 522 g/mol. The third-order valence-corrected chi connectivity index (χ3v) is 9.63. The summed E-state index contributed by atoms with van der Waals surface area (Å²) in [6.07, 6.45) is 20.3. The van der Waals surface area contributed by atoms with Crippen molar-refractivity contribution in [1.82, 2.24) is 10.6 Å². The van der Waals surface area contributed by atoms with Crippen LogP contribution >= 0.6 is 0 Å². The van der Waals surface area contributed by atoms with Crippen molar-refractivity contribution in [2.45, 2.75) is 72.3 Å². The van der Waals surface area contributed by atoms with Crippen molar-refractivity contribution in [2.75, 3.05) is 0 Å². The average molecular weight is 566 g/mol. The van der Waals surface area contributed by atoms with Gasteiger partial charge in [0, 0.05) is 28.2 Å². The van der Waals surface area contributed by atoms with Gasteiger partial charge in [-0.3, -0.25) is 4.79 Å². The van der Waals surface area contributed by atoms with Crippen LogP contribution in [0.15, 0.2) is 93.5 Å². The molecule has 216 valence electrons. The molecule has 40 heavy (non-hydrogen) atoms. The largest absolute Gasteiger partial charge is 0.366 e. The number of hydrogen-bond acceptors (Lipinski definition) is 7. The van der Waals surface area contributed by atoms with E-state index < -0.39 is 36.6 Å². The van der Waals surface area contributed by atoms with E-state index in [-0.39, 0.29) is 5.41 Å². The summed E-state index contributed by atoms with van der Waals surface area (Å²) in [5, 5.41) is 6.02. The maximum atomic E-state index is 13.2. The Balaban J connectivity index is 2.03. The van der Waals surface area contributed by atoms with Crippen LogP contribution in [0.1, 0.15) is 62.3 Å². The molecule has 0 bridgehead atoms. The first-order valence-corrected chi connectivity index (χ1v) is 15.0. The number of guanidine groups is 1. The van der Waals surface area contributed by atoms with Crippen LogP contribution in [-0.4, -0.2) is 36.5 Å². The third-order valence-electron chi connectivity index (χ3n) is 6.89. The number of sulfone groups is 1. The van der Waals surface area contributed by atoms with Crippen LogP contribution in [0, 0.1) is 16.2 Å². The summed E-state index contributed by atoms with van der Waals surface area (Å²) in [4.78, 5) is 21.6. The third kappa shape index (κ3) is 7.38. The van der Waals surface area contributed by atoms with Gasteiger partial charge in [-0.1, -0.05) is 84.1 Å². The molecular formula is C31H43N5O3S. The standard InChI is InChI=1S/C31H43N5O3S/c1-21(2)40(38,39)31(9)15-10-22(18-29(5,6)16-17-31)34-27-33-20-30(7,8)19-25(36-27)35-24-12-14-28(3,4)13-11-23(24)26(32)37/h10-21,35H,1-9H3,(H2,32,37)(H,34,36)/b15-10-,17-16-,22-18+. The van der Waals surface area contributed by atoms with Gasteiger partial charge in [0.1, 0.15) is 10.6 Å². The Morgan fingerprint density at radius 2 is 1.48 bits per heavy atom. The van der Waals surface area contributed by atoms with Gasteiger partial charge >= 0.3 is 0 Å². The molecule has 0 fully saturated rings. The van der Waals surface area contributed by atoms with Crippen LogP contribution in [0.3, 0.4) is 0 Å². The maximum absolute atomic E-state index is 13.2. The average Bonchev–Trinajstić information content (AvgIpc) is 3.05. The predicted octanol–water partition coefficient (Wildman–Crippen LogP) is 4.98. The maximum Gasteiger partial charge on any atom is 0.250 e. The zero-order valence-electron chi connectivity index (χ0n) is 25.0. The second-order valence-electron chi connectivity index (χ2n) is 12.8. The van der Waals surface area contributed by atoms with Crippen molar-refractivity contribution in [3.05, 3.63) is 83.5 Å². The lowest BCUT2D eigenvalue weighted by Crippen LogP contribution is -2.38. The molecule has 0 spiro atoms. The van der Waals surface area contributed by atoms with Crippen LogP contribution in [0.5, 0.6) is 0 Å². The fourth-order valence-corrected chi connectivity index (χ4v) is 5.83. The molecule has 4 N–H and O–H groups in total. The van der Waals surface area contributed by atoms with Crippen LogP contribution in [0.2, 0.25) is 0 Å². The van der Waals surface area contributed by atoms with Crippen molar-refractivity contribution in [3.8, 4) is 0 Å². The minimum Gasteiger partial charge on any atom is -0.366 e. The van der Waals surface area contributed by atoms with E-state index in [0.717, 1.165) is 0 Å². The normalized spacial score (nSPS) is 28.2. The van der Waals surface area contributed by atoms with Crippen LogP contribution < -0.4 is 16.4 Å². The quantitative estimate of drug-likeness (QED) is 0.392. The van der Waals surface area contributed by atoms with E-state index in [4.69, 9.17) is 10.7 Å². The highest BCUT2D eigenvalue weighted by atomic mass is 32.2. The number of allylic oxidation sites excluding steroid dienone is 7. The first-order chi connectivity index (χ1) is 18.2. The molecule has 1 atom stereocenters. The topological polar surface area (TPSA) is 126 Å². The van der Waals surface area contributed by atoms with Gasteiger partial charge in [-0.05, 0) is 39.0 Å². The molecule has 0 radical (unpaired) electrons. The number of carbonyl (C=O) groups excluding carboxylic acids is 1. The number of amides is 1. The lowest BCUT2D eigenvalue weighted by molar-refractivity contribution is -0.114. The monoisotopic (exact) mass is 565 g/mol. The molecule has 1 amide bonds. The number of primary amides is 1. The first kappa shape index (κ1) is 31.1. The van der Waals surface area contributed by atoms with Crippen molar-refractivity contribution < 1.29 is 13.2 Å². The van der Waals surface area contributed by atoms with Crippen LogP contribution in [0.4, 0.5) is 0 Å². The lowest BCUT2D eigenvalue weighted by Gasteiger charge is -2.29. The minimum atomic E-state index is -3.48. The van der Waals surface area contributed by atoms with Crippen LogP contribution in [0.25, 0.3) is 0 Å². The van der Waals surface area contributed by atoms with Crippen molar-refractivity contribution in [2.24, 2.45) is 32.0 Å². The Morgan fingerprint density at radius 1 is 0.825 bits per heavy atom. The van der Waals surface area contributed by atoms with Gasteiger partial charge in [-0.2, -0.15) is 4.99 Å². The summed E-state index contributed by atoms with van der Waals surface area (Å²) < 4.78 is 25.3. The molecule has 9 heteroatoms. The van der Waals surface area contributed by atoms with E-state index >= 15 is 0 Å². The van der Waals surface area contributed by atoms with Crippen molar-refractivity contribution in [3.63, 3.8) is 0 Å². The Labute approximate surface area is 239 Å². The molecule has 0 aromatic heterocycles. The molecule has 0 aromatic rings. The number of nitrogens with one attached hydrogen (secondary N) is 2. The van der Waals surface area contributed by atoms with E-state index in [2.05, 4.69) is 15.6 Å². The van der Waals surface area contributed by atoms with E-state index in [1.165, 1.54) is 0 Å². The van der Waals surface area contributed by atoms with Gasteiger partial charge in [0.25, 0.3) is 5.91 Å². The van der Waals surface area contributed by atoms with Gasteiger partial charge < -0.3 is 16.4 Å². The highest BCUT2D eigenvalue weighted by molar-refractivity contribution is 7.93. The zero-order valence-corrected chi connectivity index (χ0v) is 25.8. The number of nitrogens with zero attached hydrogens (tertiary/aromatic N) is 2. The Bertz CT molecular complexity index is 1440. The van der Waals surface area contributed by atoms with E-state index in [9.17, 15) is 13.2 Å². The summed E-state index contributed by atoms with van der Waals surface area (Å²) in [6.45, 7) is 17.2. The molecule has 0 aromatic carbocycles. The highest BCUT2D eigenvalue weighted by Crippen LogP contribution is 2.32. The number of nitrogens with two attached hydrogens (primary N) is 1. The predicted molar refractivity (Wildman–Crippen MR) is 165 cm³/mol. The molecule has 1 unspecified atom stereocenters. The van der Waals surface area contributed by atoms with Gasteiger partial charge in [0.15, 0.2) is 9.84 Å². The van der Waals surface area contributed by atoms with E-state index in [1.54, 1.807) is 51.3 Å². The zero-order chi connectivity index (χ0) is 30.1. The lowest BCUT2D eigenvalue weighted by atomic mass is 9.88. The van der Waals surface area contributed by atoms with Gasteiger partial charge in [-0.25, -0.2) is 13.4 Å². The summed E-state index contributed by atoms with van der Waals surface area (Å²) in [6, 6.07) is 0. The fourth-order valence-electron chi connectivity index (χ4n) is 4.30. The molecule has 1 heterocycles. The molecule has 0 saturated heterocycles. The van der Waals surface area contributed by atoms with E-state index in [1.807, 2.05) is 78.0 Å². The highest BCUT2D eigenvalue weighted by Gasteiger charge is 2.38. The first-order valence-electron chi connectivity index (χ1n) is 13.4. The molecule has 8 nitrogen and oxygen atoms in total. The van der Waals surface area contributed by atoms with Crippen LogP contribution in [-0.2, 0) is 14.6 Å². The van der Waals surface area contributed by atoms with Crippen molar-refractivity contribution in [1.29, 1.82) is 0 Å². The molecule has 2 aliphatic carbocycles. The molecule has 3 aliphatic rings. The molecule has 1 aliphatic heterocycles. The minimum absolute atomic E-state index is 0.254. The van der Waals surface area contributed by atoms with Crippen molar-refractivity contribution >= 4 is 27.9 Å². The summed E-state index contributed by atoms with van der Waals surface area (Å²) >= 11 is 0. The van der Waals surface area contributed by atoms with Gasteiger partial charge in [-0.15, -0.1) is 0 Å². The number of hydrogen-bond donors (Lipinski definition) is 3. The number of aliphatic imine (C=N–C) groups is 2. The van der Waals surface area contributed by atoms with Gasteiger partial charge in [0.2, 0.25) is 5.96 Å². The summed E-state index contributed by atoms with van der Waals surface area (Å²) in [7, 11) is -3.48. The molecule has 0 saturated carbocycles. The molecule has 3 rings (SSSR count). The van der Waals surface area contributed by atoms with E-state index in [0.29, 0.717) is 28.7 Å². The number of carbonyl (C=O) groups is 1. The fraction of sp³-hybridized carbons (Fsp3) is 0.452. The summed E-state index contributed by atoms with van der Waals surface area (Å²) in [5.41, 5.74) is 6.09. The van der Waals surface area contributed by atoms with Gasteiger partial charge in [0.05, 0.1) is 16.5 Å². The Kier molecular flexibility index (Phi) is 8.42. The Hall–Kier alpha value is -3.46. The smallest absolute Gasteiger partial charge is 0.250 e. The second kappa shape index (κ2) is 10.8.